The lowest BCUT2D eigenvalue weighted by Crippen LogP contribution is -2.46. The van der Waals surface area contributed by atoms with E-state index in [2.05, 4.69) is 20.4 Å². The SMILES string of the molecule is Cc1nc(C2(NC(=O)c3ccc(N4CCOCC4)cc3)CCCCCC2)no1. The fourth-order valence-electron chi connectivity index (χ4n) is 4.16. The molecule has 2 heterocycles. The Labute approximate surface area is 165 Å². The van der Waals surface area contributed by atoms with Crippen LogP contribution >= 0.6 is 0 Å². The van der Waals surface area contributed by atoms with E-state index in [0.29, 0.717) is 17.3 Å². The lowest BCUT2D eigenvalue weighted by atomic mass is 9.88. The quantitative estimate of drug-likeness (QED) is 0.816. The van der Waals surface area contributed by atoms with E-state index in [4.69, 9.17) is 9.26 Å². The summed E-state index contributed by atoms with van der Waals surface area (Å²) in [5.74, 6) is 1.05. The largest absolute Gasteiger partial charge is 0.378 e. The van der Waals surface area contributed by atoms with Crippen LogP contribution in [0.3, 0.4) is 0 Å². The Bertz CT molecular complexity index is 788. The highest BCUT2D eigenvalue weighted by atomic mass is 16.5. The summed E-state index contributed by atoms with van der Waals surface area (Å²) in [6.07, 6.45) is 6.10. The van der Waals surface area contributed by atoms with E-state index in [0.717, 1.165) is 57.7 Å². The van der Waals surface area contributed by atoms with E-state index in [-0.39, 0.29) is 5.91 Å². The molecule has 2 aromatic rings. The molecule has 0 atom stereocenters. The molecule has 1 aromatic carbocycles. The van der Waals surface area contributed by atoms with Crippen LogP contribution in [0.15, 0.2) is 28.8 Å². The number of aromatic nitrogens is 2. The van der Waals surface area contributed by atoms with Crippen LogP contribution in [0.1, 0.15) is 60.6 Å². The van der Waals surface area contributed by atoms with E-state index in [1.165, 1.54) is 12.8 Å². The lowest BCUT2D eigenvalue weighted by Gasteiger charge is -2.31. The summed E-state index contributed by atoms with van der Waals surface area (Å²) >= 11 is 0. The van der Waals surface area contributed by atoms with Crippen molar-refractivity contribution in [3.8, 4) is 0 Å². The molecule has 2 aliphatic rings. The van der Waals surface area contributed by atoms with Gasteiger partial charge in [-0.25, -0.2) is 0 Å². The molecule has 2 fully saturated rings. The number of amides is 1. The maximum Gasteiger partial charge on any atom is 0.252 e. The summed E-state index contributed by atoms with van der Waals surface area (Å²) in [5, 5.41) is 7.42. The minimum Gasteiger partial charge on any atom is -0.378 e. The number of hydrogen-bond acceptors (Lipinski definition) is 6. The molecule has 1 aromatic heterocycles. The number of carbonyl (C=O) groups excluding carboxylic acids is 1. The third-order valence-corrected chi connectivity index (χ3v) is 5.77. The van der Waals surface area contributed by atoms with E-state index in [1.807, 2.05) is 24.3 Å². The Balaban J connectivity index is 1.52. The first-order valence-electron chi connectivity index (χ1n) is 10.2. The van der Waals surface area contributed by atoms with Crippen LogP contribution in [-0.4, -0.2) is 42.4 Å². The second-order valence-electron chi connectivity index (χ2n) is 7.73. The Kier molecular flexibility index (Phi) is 5.62. The standard InChI is InChI=1S/C21H28N4O3/c1-16-22-20(24-28-16)21(10-4-2-3-5-11-21)23-19(26)17-6-8-18(9-7-17)25-12-14-27-15-13-25/h6-9H,2-5,10-15H2,1H3,(H,23,26). The second kappa shape index (κ2) is 8.31. The summed E-state index contributed by atoms with van der Waals surface area (Å²) in [4.78, 5) is 19.8. The molecule has 1 aliphatic carbocycles. The molecule has 150 valence electrons. The number of nitrogens with zero attached hydrogens (tertiary/aromatic N) is 3. The average Bonchev–Trinajstić information content (AvgIpc) is 3.04. The molecule has 1 saturated heterocycles. The number of anilines is 1. The van der Waals surface area contributed by atoms with Crippen LogP contribution in [0.4, 0.5) is 5.69 Å². The summed E-state index contributed by atoms with van der Waals surface area (Å²) in [6, 6.07) is 7.81. The predicted molar refractivity (Wildman–Crippen MR) is 105 cm³/mol. The first kappa shape index (κ1) is 18.9. The number of benzene rings is 1. The molecule has 7 nitrogen and oxygen atoms in total. The van der Waals surface area contributed by atoms with Gasteiger partial charge in [0.25, 0.3) is 5.91 Å². The average molecular weight is 384 g/mol. The number of carbonyl (C=O) groups is 1. The molecule has 1 amide bonds. The molecule has 0 spiro atoms. The van der Waals surface area contributed by atoms with Gasteiger partial charge in [-0.3, -0.25) is 4.79 Å². The molecule has 4 rings (SSSR count). The molecule has 0 radical (unpaired) electrons. The maximum atomic E-state index is 13.1. The second-order valence-corrected chi connectivity index (χ2v) is 7.73. The fraction of sp³-hybridized carbons (Fsp3) is 0.571. The Morgan fingerprint density at radius 3 is 2.36 bits per heavy atom. The smallest absolute Gasteiger partial charge is 0.252 e. The van der Waals surface area contributed by atoms with Crippen molar-refractivity contribution in [2.45, 2.75) is 51.0 Å². The zero-order valence-corrected chi connectivity index (χ0v) is 16.4. The fourth-order valence-corrected chi connectivity index (χ4v) is 4.16. The minimum atomic E-state index is -0.547. The molecule has 1 aliphatic heterocycles. The molecule has 1 saturated carbocycles. The van der Waals surface area contributed by atoms with Crippen molar-refractivity contribution in [2.75, 3.05) is 31.2 Å². The highest BCUT2D eigenvalue weighted by Crippen LogP contribution is 2.35. The van der Waals surface area contributed by atoms with E-state index in [1.54, 1.807) is 6.92 Å². The highest BCUT2D eigenvalue weighted by molar-refractivity contribution is 5.95. The monoisotopic (exact) mass is 384 g/mol. The van der Waals surface area contributed by atoms with Gasteiger partial charge in [0, 0.05) is 31.3 Å². The van der Waals surface area contributed by atoms with Gasteiger partial charge in [-0.2, -0.15) is 4.98 Å². The van der Waals surface area contributed by atoms with Gasteiger partial charge in [0.15, 0.2) is 5.82 Å². The van der Waals surface area contributed by atoms with Crippen molar-refractivity contribution in [3.05, 3.63) is 41.5 Å². The Hall–Kier alpha value is -2.41. The number of ether oxygens (including phenoxy) is 1. The van der Waals surface area contributed by atoms with E-state index in [9.17, 15) is 4.79 Å². The van der Waals surface area contributed by atoms with Crippen LogP contribution in [0.5, 0.6) is 0 Å². The highest BCUT2D eigenvalue weighted by Gasteiger charge is 2.39. The van der Waals surface area contributed by atoms with E-state index < -0.39 is 5.54 Å². The van der Waals surface area contributed by atoms with Gasteiger partial charge in [0.2, 0.25) is 5.89 Å². The summed E-state index contributed by atoms with van der Waals surface area (Å²) in [6.45, 7) is 5.04. The minimum absolute atomic E-state index is 0.0853. The van der Waals surface area contributed by atoms with Crippen LogP contribution in [0.2, 0.25) is 0 Å². The van der Waals surface area contributed by atoms with Crippen molar-refractivity contribution >= 4 is 11.6 Å². The molecular formula is C21H28N4O3. The normalized spacial score (nSPS) is 19.8. The van der Waals surface area contributed by atoms with Gasteiger partial charge in [-0.1, -0.05) is 30.8 Å². The predicted octanol–water partition coefficient (Wildman–Crippen LogP) is 3.19. The van der Waals surface area contributed by atoms with Gasteiger partial charge < -0.3 is 19.5 Å². The maximum absolute atomic E-state index is 13.1. The molecule has 1 N–H and O–H groups in total. The summed E-state index contributed by atoms with van der Waals surface area (Å²) in [7, 11) is 0. The Morgan fingerprint density at radius 1 is 1.07 bits per heavy atom. The van der Waals surface area contributed by atoms with Gasteiger partial charge in [0.05, 0.1) is 13.2 Å². The lowest BCUT2D eigenvalue weighted by molar-refractivity contribution is 0.0876. The van der Waals surface area contributed by atoms with E-state index >= 15 is 0 Å². The van der Waals surface area contributed by atoms with Crippen LogP contribution in [0.25, 0.3) is 0 Å². The number of nitrogens with one attached hydrogen (secondary N) is 1. The molecule has 0 bridgehead atoms. The number of aryl methyl sites for hydroxylation is 1. The van der Waals surface area contributed by atoms with Crippen LogP contribution < -0.4 is 10.2 Å². The molecule has 0 unspecified atom stereocenters. The molecule has 7 heteroatoms. The Morgan fingerprint density at radius 2 is 1.75 bits per heavy atom. The van der Waals surface area contributed by atoms with Crippen molar-refractivity contribution in [1.29, 1.82) is 0 Å². The van der Waals surface area contributed by atoms with Gasteiger partial charge >= 0.3 is 0 Å². The van der Waals surface area contributed by atoms with Crippen LogP contribution in [-0.2, 0) is 10.3 Å². The summed E-state index contributed by atoms with van der Waals surface area (Å²) < 4.78 is 10.6. The number of rotatable bonds is 4. The number of hydrogen-bond donors (Lipinski definition) is 1. The van der Waals surface area contributed by atoms with Crippen molar-refractivity contribution in [3.63, 3.8) is 0 Å². The zero-order valence-electron chi connectivity index (χ0n) is 16.4. The van der Waals surface area contributed by atoms with Crippen molar-refractivity contribution in [2.24, 2.45) is 0 Å². The molecule has 28 heavy (non-hydrogen) atoms. The van der Waals surface area contributed by atoms with Gasteiger partial charge in [-0.15, -0.1) is 0 Å². The number of morpholine rings is 1. The summed E-state index contributed by atoms with van der Waals surface area (Å²) in [5.41, 5.74) is 1.23. The van der Waals surface area contributed by atoms with Gasteiger partial charge in [-0.05, 0) is 37.1 Å². The molecular weight excluding hydrogens is 356 g/mol. The van der Waals surface area contributed by atoms with Gasteiger partial charge in [0.1, 0.15) is 5.54 Å². The topological polar surface area (TPSA) is 80.5 Å². The van der Waals surface area contributed by atoms with Crippen molar-refractivity contribution in [1.82, 2.24) is 15.5 Å². The third-order valence-electron chi connectivity index (χ3n) is 5.77. The van der Waals surface area contributed by atoms with Crippen LogP contribution in [0, 0.1) is 6.92 Å². The van der Waals surface area contributed by atoms with Crippen molar-refractivity contribution < 1.29 is 14.1 Å². The first-order valence-corrected chi connectivity index (χ1v) is 10.2. The third kappa shape index (κ3) is 4.04. The first-order chi connectivity index (χ1) is 13.7. The zero-order chi connectivity index (χ0) is 19.4.